The molecule has 0 radical (unpaired) electrons. The van der Waals surface area contributed by atoms with Gasteiger partial charge < -0.3 is 24.0 Å². The Hall–Kier alpha value is -1.34. The van der Waals surface area contributed by atoms with E-state index in [9.17, 15) is 0 Å². The molecule has 2 aliphatic rings. The third-order valence-corrected chi connectivity index (χ3v) is 5.53. The van der Waals surface area contributed by atoms with Crippen LogP contribution in [-0.4, -0.2) is 101 Å². The van der Waals surface area contributed by atoms with E-state index in [0.717, 1.165) is 50.8 Å². The first-order chi connectivity index (χ1) is 13.2. The highest BCUT2D eigenvalue weighted by Crippen LogP contribution is 2.28. The van der Waals surface area contributed by atoms with Crippen molar-refractivity contribution in [3.8, 4) is 11.5 Å². The largest absolute Gasteiger partial charge is 0.493 e. The number of ether oxygens (including phenoxy) is 3. The molecule has 1 aromatic rings. The number of aryl methyl sites for hydroxylation is 1. The Bertz CT molecular complexity index is 556. The Morgan fingerprint density at radius 2 is 1.67 bits per heavy atom. The average Bonchev–Trinajstić information content (AvgIpc) is 2.71. The second-order valence-electron chi connectivity index (χ2n) is 7.54. The average molecular weight is 378 g/mol. The van der Waals surface area contributed by atoms with Gasteiger partial charge in [-0.25, -0.2) is 0 Å². The molecule has 0 spiro atoms. The summed E-state index contributed by atoms with van der Waals surface area (Å²) in [7, 11) is 3.92. The molecular weight excluding hydrogens is 342 g/mol. The van der Waals surface area contributed by atoms with Gasteiger partial charge in [0.05, 0.1) is 20.3 Å². The summed E-state index contributed by atoms with van der Waals surface area (Å²) in [6.45, 7) is 11.2. The van der Waals surface area contributed by atoms with Crippen molar-refractivity contribution < 1.29 is 14.2 Å². The van der Waals surface area contributed by atoms with Crippen LogP contribution in [0.5, 0.6) is 11.5 Å². The summed E-state index contributed by atoms with van der Waals surface area (Å²) in [5, 5.41) is 0. The first-order valence-electron chi connectivity index (χ1n) is 10.3. The highest BCUT2D eigenvalue weighted by molar-refractivity contribution is 5.43. The zero-order valence-corrected chi connectivity index (χ0v) is 17.0. The van der Waals surface area contributed by atoms with Gasteiger partial charge in [0.25, 0.3) is 0 Å². The Morgan fingerprint density at radius 3 is 2.41 bits per heavy atom. The highest BCUT2D eigenvalue weighted by atomic mass is 16.5. The number of likely N-dealkylation sites (N-methyl/N-ethyl adjacent to an activating group) is 1. The summed E-state index contributed by atoms with van der Waals surface area (Å²) >= 11 is 0. The Labute approximate surface area is 164 Å². The molecule has 2 fully saturated rings. The van der Waals surface area contributed by atoms with Crippen molar-refractivity contribution in [3.05, 3.63) is 23.8 Å². The van der Waals surface area contributed by atoms with Crippen molar-refractivity contribution in [3.63, 3.8) is 0 Å². The van der Waals surface area contributed by atoms with Crippen molar-refractivity contribution in [2.24, 2.45) is 0 Å². The van der Waals surface area contributed by atoms with E-state index in [1.165, 1.54) is 44.7 Å². The van der Waals surface area contributed by atoms with Gasteiger partial charge in [-0.05, 0) is 44.1 Å². The first-order valence-corrected chi connectivity index (χ1v) is 10.3. The minimum absolute atomic E-state index is 0.680. The predicted molar refractivity (Wildman–Crippen MR) is 108 cm³/mol. The summed E-state index contributed by atoms with van der Waals surface area (Å²) in [4.78, 5) is 7.35. The molecule has 27 heavy (non-hydrogen) atoms. The fourth-order valence-electron chi connectivity index (χ4n) is 3.67. The monoisotopic (exact) mass is 377 g/mol. The van der Waals surface area contributed by atoms with E-state index in [2.05, 4.69) is 39.9 Å². The summed E-state index contributed by atoms with van der Waals surface area (Å²) in [5.41, 5.74) is 1.32. The van der Waals surface area contributed by atoms with Crippen molar-refractivity contribution in [2.75, 3.05) is 86.3 Å². The molecule has 1 aromatic carbocycles. The Morgan fingerprint density at radius 1 is 0.926 bits per heavy atom. The lowest BCUT2D eigenvalue weighted by Crippen LogP contribution is -2.44. The molecule has 0 aromatic heterocycles. The lowest BCUT2D eigenvalue weighted by molar-refractivity contribution is 0.0321. The van der Waals surface area contributed by atoms with Crippen LogP contribution in [0.3, 0.4) is 0 Å². The van der Waals surface area contributed by atoms with Crippen molar-refractivity contribution in [1.29, 1.82) is 0 Å². The van der Waals surface area contributed by atoms with Gasteiger partial charge in [0.1, 0.15) is 6.61 Å². The molecule has 0 atom stereocenters. The molecule has 0 saturated carbocycles. The van der Waals surface area contributed by atoms with Crippen LogP contribution in [0.4, 0.5) is 0 Å². The molecule has 6 nitrogen and oxygen atoms in total. The van der Waals surface area contributed by atoms with Gasteiger partial charge >= 0.3 is 0 Å². The number of benzene rings is 1. The van der Waals surface area contributed by atoms with E-state index in [1.54, 1.807) is 7.11 Å². The lowest BCUT2D eigenvalue weighted by Gasteiger charge is -2.32. The lowest BCUT2D eigenvalue weighted by atomic mass is 10.1. The SMILES string of the molecule is COc1cc(CCCN2CCN(C)CC2)ccc1OCCN1CCOCC1. The van der Waals surface area contributed by atoms with Gasteiger partial charge in [-0.3, -0.25) is 4.90 Å². The van der Waals surface area contributed by atoms with Crippen molar-refractivity contribution in [1.82, 2.24) is 14.7 Å². The molecule has 0 aliphatic carbocycles. The van der Waals surface area contributed by atoms with E-state index in [-0.39, 0.29) is 0 Å². The van der Waals surface area contributed by atoms with Crippen molar-refractivity contribution in [2.45, 2.75) is 12.8 Å². The van der Waals surface area contributed by atoms with E-state index in [1.807, 2.05) is 0 Å². The fraction of sp³-hybridized carbons (Fsp3) is 0.714. The van der Waals surface area contributed by atoms with E-state index in [0.29, 0.717) is 6.61 Å². The quantitative estimate of drug-likeness (QED) is 0.651. The maximum Gasteiger partial charge on any atom is 0.161 e. The molecule has 152 valence electrons. The van der Waals surface area contributed by atoms with Crippen LogP contribution in [0.1, 0.15) is 12.0 Å². The molecule has 2 heterocycles. The molecule has 0 bridgehead atoms. The third kappa shape index (κ3) is 6.64. The van der Waals surface area contributed by atoms with Crippen LogP contribution < -0.4 is 9.47 Å². The molecule has 2 saturated heterocycles. The van der Waals surface area contributed by atoms with Crippen LogP contribution in [0.2, 0.25) is 0 Å². The van der Waals surface area contributed by atoms with Gasteiger partial charge in [-0.2, -0.15) is 0 Å². The van der Waals surface area contributed by atoms with Crippen LogP contribution in [-0.2, 0) is 11.2 Å². The Balaban J connectivity index is 1.41. The number of hydrogen-bond donors (Lipinski definition) is 0. The topological polar surface area (TPSA) is 37.4 Å². The minimum atomic E-state index is 0.680. The highest BCUT2D eigenvalue weighted by Gasteiger charge is 2.14. The minimum Gasteiger partial charge on any atom is -0.493 e. The number of piperazine rings is 1. The van der Waals surface area contributed by atoms with Gasteiger partial charge in [-0.1, -0.05) is 6.07 Å². The van der Waals surface area contributed by atoms with Crippen LogP contribution in [0.15, 0.2) is 18.2 Å². The van der Waals surface area contributed by atoms with E-state index >= 15 is 0 Å². The summed E-state index contributed by atoms with van der Waals surface area (Å²) in [6.07, 6.45) is 2.26. The molecular formula is C21H35N3O3. The van der Waals surface area contributed by atoms with E-state index in [4.69, 9.17) is 14.2 Å². The van der Waals surface area contributed by atoms with Gasteiger partial charge in [-0.15, -0.1) is 0 Å². The van der Waals surface area contributed by atoms with Crippen LogP contribution in [0.25, 0.3) is 0 Å². The second-order valence-corrected chi connectivity index (χ2v) is 7.54. The van der Waals surface area contributed by atoms with Crippen molar-refractivity contribution >= 4 is 0 Å². The van der Waals surface area contributed by atoms with Gasteiger partial charge in [0.2, 0.25) is 0 Å². The summed E-state index contributed by atoms with van der Waals surface area (Å²) < 4.78 is 16.9. The molecule has 0 unspecified atom stereocenters. The molecule has 0 N–H and O–H groups in total. The standard InChI is InChI=1S/C21H35N3O3/c1-22-8-10-23(11-9-22)7-3-4-19-5-6-20(21(18-19)25-2)27-17-14-24-12-15-26-16-13-24/h5-6,18H,3-4,7-17H2,1-2H3. The zero-order valence-electron chi connectivity index (χ0n) is 17.0. The molecule has 6 heteroatoms. The number of rotatable bonds is 9. The summed E-state index contributed by atoms with van der Waals surface area (Å²) in [6, 6.07) is 6.37. The zero-order chi connectivity index (χ0) is 18.9. The molecule has 3 rings (SSSR count). The number of morpholine rings is 1. The normalized spacial score (nSPS) is 19.9. The number of hydrogen-bond acceptors (Lipinski definition) is 6. The van der Waals surface area contributed by atoms with Gasteiger partial charge in [0, 0.05) is 45.8 Å². The fourth-order valence-corrected chi connectivity index (χ4v) is 3.67. The van der Waals surface area contributed by atoms with Gasteiger partial charge in [0.15, 0.2) is 11.5 Å². The predicted octanol–water partition coefficient (Wildman–Crippen LogP) is 1.59. The third-order valence-electron chi connectivity index (χ3n) is 5.53. The maximum absolute atomic E-state index is 5.98. The first kappa shape index (κ1) is 20.4. The number of methoxy groups -OCH3 is 1. The maximum atomic E-state index is 5.98. The number of nitrogens with zero attached hydrogens (tertiary/aromatic N) is 3. The Kier molecular flexibility index (Phi) is 8.20. The molecule has 2 aliphatic heterocycles. The van der Waals surface area contributed by atoms with Crippen LogP contribution >= 0.6 is 0 Å². The smallest absolute Gasteiger partial charge is 0.161 e. The molecule has 0 amide bonds. The second kappa shape index (κ2) is 10.9. The summed E-state index contributed by atoms with van der Waals surface area (Å²) in [5.74, 6) is 1.68. The van der Waals surface area contributed by atoms with Crippen LogP contribution in [0, 0.1) is 0 Å². The van der Waals surface area contributed by atoms with E-state index < -0.39 is 0 Å².